The number of aliphatic hydroxyl groups excluding tert-OH is 2. The van der Waals surface area contributed by atoms with Crippen molar-refractivity contribution < 1.29 is 54.5 Å². The molecular weight excluding hydrogens is 321 g/mol. The van der Waals surface area contributed by atoms with E-state index in [0.29, 0.717) is 6.42 Å². The molecule has 136 valence electrons. The Kier molecular flexibility index (Phi) is 16.5. The maximum Gasteiger partial charge on any atom is 1.00 e. The number of carboxylic acid groups (broad SMARTS) is 1. The summed E-state index contributed by atoms with van der Waals surface area (Å²) in [5.41, 5.74) is -1.60. The van der Waals surface area contributed by atoms with Crippen LogP contribution in [0.1, 0.15) is 65.2 Å². The van der Waals surface area contributed by atoms with Crippen LogP contribution in [0.4, 0.5) is 0 Å². The van der Waals surface area contributed by atoms with Gasteiger partial charge in [0, 0.05) is 13.1 Å². The van der Waals surface area contributed by atoms with Crippen molar-refractivity contribution in [1.29, 1.82) is 0 Å². The van der Waals surface area contributed by atoms with Crippen LogP contribution < -0.4 is 34.7 Å². The van der Waals surface area contributed by atoms with Crippen molar-refractivity contribution in [2.75, 3.05) is 26.3 Å². The number of aliphatic carboxylic acids is 1. The molecule has 0 saturated carbocycles. The molecule has 2 N–H and O–H groups in total. The first-order valence-electron chi connectivity index (χ1n) is 8.66. The Hall–Kier alpha value is -0.140. The van der Waals surface area contributed by atoms with Crippen LogP contribution in [0.5, 0.6) is 0 Å². The number of hydrogen-bond acceptors (Lipinski definition) is 5. The van der Waals surface area contributed by atoms with Gasteiger partial charge in [0.05, 0.1) is 24.6 Å². The molecule has 1 atom stereocenters. The van der Waals surface area contributed by atoms with Gasteiger partial charge in [0.2, 0.25) is 5.91 Å². The summed E-state index contributed by atoms with van der Waals surface area (Å²) in [6, 6.07) is 0. The Balaban J connectivity index is 0. The molecule has 0 rings (SSSR count). The fourth-order valence-corrected chi connectivity index (χ4v) is 2.64. The molecule has 0 saturated heterocycles. The number of unbranched alkanes of at least 4 members (excludes halogenated alkanes) is 6. The predicted octanol–water partition coefficient (Wildman–Crippen LogP) is -2.30. The Morgan fingerprint density at radius 1 is 0.958 bits per heavy atom. The molecule has 0 aromatic carbocycles. The van der Waals surface area contributed by atoms with Gasteiger partial charge in [0.25, 0.3) is 0 Å². The Bertz CT molecular complexity index is 348. The van der Waals surface area contributed by atoms with Crippen molar-refractivity contribution >= 4 is 11.9 Å². The summed E-state index contributed by atoms with van der Waals surface area (Å²) < 4.78 is 0. The molecule has 1 unspecified atom stereocenters. The third kappa shape index (κ3) is 9.37. The first-order chi connectivity index (χ1) is 10.9. The number of carboxylic acids is 1. The topological polar surface area (TPSA) is 101 Å². The molecule has 7 heteroatoms. The molecule has 6 nitrogen and oxygen atoms in total. The van der Waals surface area contributed by atoms with Crippen molar-refractivity contribution in [3.05, 3.63) is 0 Å². The second-order valence-corrected chi connectivity index (χ2v) is 6.23. The second-order valence-electron chi connectivity index (χ2n) is 6.23. The van der Waals surface area contributed by atoms with Gasteiger partial charge in [-0.3, -0.25) is 4.79 Å². The molecule has 0 radical (unpaired) electrons. The summed E-state index contributed by atoms with van der Waals surface area (Å²) in [6.07, 6.45) is 7.51. The molecule has 24 heavy (non-hydrogen) atoms. The van der Waals surface area contributed by atoms with Crippen LogP contribution in [-0.4, -0.2) is 53.3 Å². The fourth-order valence-electron chi connectivity index (χ4n) is 2.64. The summed E-state index contributed by atoms with van der Waals surface area (Å²) in [7, 11) is 0. The number of hydrogen-bond donors (Lipinski definition) is 2. The molecule has 0 heterocycles. The van der Waals surface area contributed by atoms with Gasteiger partial charge >= 0.3 is 29.6 Å². The molecule has 0 fully saturated rings. The van der Waals surface area contributed by atoms with E-state index in [1.807, 2.05) is 0 Å². The minimum Gasteiger partial charge on any atom is -0.549 e. The number of rotatable bonds is 14. The SMILES string of the molecule is CCCCCCCCCC(C)(C(=O)[O-])C(=O)N(CCO)CCO.[Na+]. The van der Waals surface area contributed by atoms with Gasteiger partial charge in [-0.15, -0.1) is 0 Å². The van der Waals surface area contributed by atoms with E-state index >= 15 is 0 Å². The van der Waals surface area contributed by atoms with Gasteiger partial charge in [0.15, 0.2) is 0 Å². The number of aliphatic hydroxyl groups is 2. The number of amides is 1. The molecule has 0 aromatic heterocycles. The fraction of sp³-hybridized carbons (Fsp3) is 0.882. The Labute approximate surface area is 167 Å². The van der Waals surface area contributed by atoms with Gasteiger partial charge < -0.3 is 25.0 Å². The third-order valence-electron chi connectivity index (χ3n) is 4.23. The first-order valence-corrected chi connectivity index (χ1v) is 8.66. The molecule has 0 aromatic rings. The van der Waals surface area contributed by atoms with E-state index in [4.69, 9.17) is 10.2 Å². The zero-order valence-corrected chi connectivity index (χ0v) is 17.6. The van der Waals surface area contributed by atoms with Gasteiger partial charge in [-0.25, -0.2) is 0 Å². The van der Waals surface area contributed by atoms with Crippen molar-refractivity contribution in [1.82, 2.24) is 4.90 Å². The minimum atomic E-state index is -1.60. The van der Waals surface area contributed by atoms with Crippen LogP contribution in [0.15, 0.2) is 0 Å². The first kappa shape index (κ1) is 26.1. The maximum absolute atomic E-state index is 12.5. The average Bonchev–Trinajstić information content (AvgIpc) is 2.52. The molecule has 0 aliphatic carbocycles. The van der Waals surface area contributed by atoms with E-state index < -0.39 is 17.3 Å². The quantitative estimate of drug-likeness (QED) is 0.208. The predicted molar refractivity (Wildman–Crippen MR) is 86.5 cm³/mol. The van der Waals surface area contributed by atoms with Crippen LogP contribution in [0.2, 0.25) is 0 Å². The second kappa shape index (κ2) is 15.1. The summed E-state index contributed by atoms with van der Waals surface area (Å²) in [4.78, 5) is 25.2. The minimum absolute atomic E-state index is 0. The summed E-state index contributed by atoms with van der Waals surface area (Å²) in [6.45, 7) is 3.02. The monoisotopic (exact) mass is 353 g/mol. The van der Waals surface area contributed by atoms with Crippen LogP contribution >= 0.6 is 0 Å². The largest absolute Gasteiger partial charge is 1.00 e. The van der Waals surface area contributed by atoms with Gasteiger partial charge in [-0.1, -0.05) is 51.9 Å². The molecule has 1 amide bonds. The van der Waals surface area contributed by atoms with Crippen molar-refractivity contribution in [3.8, 4) is 0 Å². The molecule has 0 aliphatic rings. The van der Waals surface area contributed by atoms with Gasteiger partial charge in [0.1, 0.15) is 0 Å². The Morgan fingerprint density at radius 3 is 1.83 bits per heavy atom. The van der Waals surface area contributed by atoms with Gasteiger partial charge in [-0.2, -0.15) is 0 Å². The maximum atomic E-state index is 12.5. The van der Waals surface area contributed by atoms with E-state index in [2.05, 4.69) is 6.92 Å². The van der Waals surface area contributed by atoms with E-state index in [1.165, 1.54) is 31.1 Å². The zero-order valence-electron chi connectivity index (χ0n) is 15.6. The average molecular weight is 353 g/mol. The van der Waals surface area contributed by atoms with Crippen molar-refractivity contribution in [2.24, 2.45) is 5.41 Å². The molecule has 0 bridgehead atoms. The van der Waals surface area contributed by atoms with E-state index in [9.17, 15) is 14.7 Å². The number of carbonyl (C=O) groups excluding carboxylic acids is 2. The summed E-state index contributed by atoms with van der Waals surface area (Å²) >= 11 is 0. The van der Waals surface area contributed by atoms with Crippen LogP contribution in [0, 0.1) is 5.41 Å². The molecular formula is C17H32NNaO5. The molecule has 0 aliphatic heterocycles. The van der Waals surface area contributed by atoms with Crippen LogP contribution in [0.3, 0.4) is 0 Å². The standard InChI is InChI=1S/C17H33NO5.Na/c1-3-4-5-6-7-8-9-10-17(2,16(22)23)15(21)18(11-13-19)12-14-20;/h19-20H,3-14H2,1-2H3,(H,22,23);/q;+1/p-1. The van der Waals surface area contributed by atoms with Crippen LogP contribution in [-0.2, 0) is 9.59 Å². The van der Waals surface area contributed by atoms with E-state index in [-0.39, 0.29) is 62.3 Å². The van der Waals surface area contributed by atoms with Gasteiger partial charge in [-0.05, 0) is 13.3 Å². The summed E-state index contributed by atoms with van der Waals surface area (Å²) in [5.74, 6) is -1.99. The number of nitrogens with zero attached hydrogens (tertiary/aromatic N) is 1. The number of carbonyl (C=O) groups is 2. The van der Waals surface area contributed by atoms with Crippen molar-refractivity contribution in [2.45, 2.75) is 65.2 Å². The van der Waals surface area contributed by atoms with E-state index in [0.717, 1.165) is 19.3 Å². The van der Waals surface area contributed by atoms with Crippen LogP contribution in [0.25, 0.3) is 0 Å². The molecule has 0 spiro atoms. The summed E-state index contributed by atoms with van der Waals surface area (Å²) in [5, 5.41) is 29.5. The van der Waals surface area contributed by atoms with E-state index in [1.54, 1.807) is 0 Å². The van der Waals surface area contributed by atoms with Crippen molar-refractivity contribution in [3.63, 3.8) is 0 Å². The normalized spacial score (nSPS) is 13.0. The zero-order chi connectivity index (χ0) is 17.7. The Morgan fingerprint density at radius 2 is 1.42 bits per heavy atom. The third-order valence-corrected chi connectivity index (χ3v) is 4.23. The smallest absolute Gasteiger partial charge is 0.549 e.